The van der Waals surface area contributed by atoms with E-state index in [9.17, 15) is 0 Å². The van der Waals surface area contributed by atoms with E-state index in [1.54, 1.807) is 7.11 Å². The maximum absolute atomic E-state index is 6.00. The molecule has 0 heterocycles. The number of ether oxygens (including phenoxy) is 2. The summed E-state index contributed by atoms with van der Waals surface area (Å²) in [5, 5.41) is 0. The van der Waals surface area contributed by atoms with Gasteiger partial charge in [0, 0.05) is 12.7 Å². The van der Waals surface area contributed by atoms with Crippen LogP contribution >= 0.6 is 0 Å². The SMILES string of the molecule is COC(Oc1ccc(C(CC(C)C)C(C)C)cc1)c1ccccc1. The zero-order valence-corrected chi connectivity index (χ0v) is 15.5. The number of hydrogen-bond acceptors (Lipinski definition) is 2. The Morgan fingerprint density at radius 3 is 1.92 bits per heavy atom. The van der Waals surface area contributed by atoms with E-state index < -0.39 is 0 Å². The van der Waals surface area contributed by atoms with Crippen LogP contribution in [0.5, 0.6) is 5.75 Å². The summed E-state index contributed by atoms with van der Waals surface area (Å²) in [7, 11) is 1.67. The van der Waals surface area contributed by atoms with Crippen LogP contribution in [0.2, 0.25) is 0 Å². The van der Waals surface area contributed by atoms with Crippen molar-refractivity contribution in [3.63, 3.8) is 0 Å². The van der Waals surface area contributed by atoms with E-state index >= 15 is 0 Å². The second-order valence-electron chi connectivity index (χ2n) is 7.15. The van der Waals surface area contributed by atoms with Crippen LogP contribution in [0, 0.1) is 11.8 Å². The Kier molecular flexibility index (Phi) is 6.86. The van der Waals surface area contributed by atoms with E-state index in [2.05, 4.69) is 52.0 Å². The molecule has 0 spiro atoms. The fourth-order valence-corrected chi connectivity index (χ4v) is 3.08. The normalized spacial score (nSPS) is 14.0. The van der Waals surface area contributed by atoms with Gasteiger partial charge >= 0.3 is 0 Å². The van der Waals surface area contributed by atoms with E-state index in [-0.39, 0.29) is 6.29 Å². The second kappa shape index (κ2) is 8.89. The van der Waals surface area contributed by atoms with E-state index in [1.165, 1.54) is 12.0 Å². The van der Waals surface area contributed by atoms with Crippen molar-refractivity contribution in [1.29, 1.82) is 0 Å². The molecule has 2 unspecified atom stereocenters. The molecule has 2 aromatic rings. The van der Waals surface area contributed by atoms with Crippen molar-refractivity contribution in [2.75, 3.05) is 7.11 Å². The first-order valence-corrected chi connectivity index (χ1v) is 8.85. The highest BCUT2D eigenvalue weighted by Crippen LogP contribution is 2.32. The van der Waals surface area contributed by atoms with Crippen molar-refractivity contribution in [3.05, 3.63) is 65.7 Å². The average molecular weight is 326 g/mol. The zero-order chi connectivity index (χ0) is 17.5. The smallest absolute Gasteiger partial charge is 0.226 e. The zero-order valence-electron chi connectivity index (χ0n) is 15.5. The Morgan fingerprint density at radius 1 is 0.792 bits per heavy atom. The van der Waals surface area contributed by atoms with E-state index in [0.717, 1.165) is 11.3 Å². The van der Waals surface area contributed by atoms with Gasteiger partial charge < -0.3 is 9.47 Å². The first kappa shape index (κ1) is 18.5. The molecule has 130 valence electrons. The van der Waals surface area contributed by atoms with Crippen LogP contribution in [0.15, 0.2) is 54.6 Å². The molecule has 0 aliphatic heterocycles. The maximum Gasteiger partial charge on any atom is 0.226 e. The summed E-state index contributed by atoms with van der Waals surface area (Å²) >= 11 is 0. The predicted molar refractivity (Wildman–Crippen MR) is 100 cm³/mol. The van der Waals surface area contributed by atoms with Crippen LogP contribution in [0.25, 0.3) is 0 Å². The van der Waals surface area contributed by atoms with Crippen LogP contribution in [0.1, 0.15) is 57.5 Å². The summed E-state index contributed by atoms with van der Waals surface area (Å²) in [5.41, 5.74) is 2.41. The van der Waals surface area contributed by atoms with E-state index in [4.69, 9.17) is 9.47 Å². The molecule has 0 radical (unpaired) electrons. The highest BCUT2D eigenvalue weighted by atomic mass is 16.7. The molecule has 0 saturated heterocycles. The molecule has 0 aliphatic carbocycles. The van der Waals surface area contributed by atoms with E-state index in [1.807, 2.05) is 30.3 Å². The summed E-state index contributed by atoms with van der Waals surface area (Å²) in [6, 6.07) is 18.5. The van der Waals surface area contributed by atoms with Crippen LogP contribution in [0.4, 0.5) is 0 Å². The fraction of sp³-hybridized carbons (Fsp3) is 0.455. The maximum atomic E-state index is 6.00. The van der Waals surface area contributed by atoms with Gasteiger partial charge in [-0.2, -0.15) is 0 Å². The van der Waals surface area contributed by atoms with Gasteiger partial charge in [-0.3, -0.25) is 0 Å². The first-order valence-electron chi connectivity index (χ1n) is 8.85. The molecule has 2 aromatic carbocycles. The molecular weight excluding hydrogens is 296 g/mol. The van der Waals surface area contributed by atoms with Gasteiger partial charge in [0.2, 0.25) is 6.29 Å². The quantitative estimate of drug-likeness (QED) is 0.538. The largest absolute Gasteiger partial charge is 0.461 e. The third-order valence-electron chi connectivity index (χ3n) is 4.37. The molecule has 0 amide bonds. The Labute approximate surface area is 146 Å². The lowest BCUT2D eigenvalue weighted by Gasteiger charge is -2.24. The molecule has 2 atom stereocenters. The predicted octanol–water partition coefficient (Wildman–Crippen LogP) is 6.20. The number of hydrogen-bond donors (Lipinski definition) is 0. The molecule has 24 heavy (non-hydrogen) atoms. The Balaban J connectivity index is 2.10. The highest BCUT2D eigenvalue weighted by Gasteiger charge is 2.18. The highest BCUT2D eigenvalue weighted by molar-refractivity contribution is 5.30. The third kappa shape index (κ3) is 5.10. The van der Waals surface area contributed by atoms with Crippen molar-refractivity contribution >= 4 is 0 Å². The molecule has 2 heteroatoms. The van der Waals surface area contributed by atoms with Gasteiger partial charge in [-0.1, -0.05) is 70.2 Å². The topological polar surface area (TPSA) is 18.5 Å². The van der Waals surface area contributed by atoms with Gasteiger partial charge in [-0.15, -0.1) is 0 Å². The van der Waals surface area contributed by atoms with Crippen LogP contribution in [-0.4, -0.2) is 7.11 Å². The van der Waals surface area contributed by atoms with Gasteiger partial charge in [-0.05, 0) is 41.9 Å². The average Bonchev–Trinajstić information content (AvgIpc) is 2.58. The first-order chi connectivity index (χ1) is 11.5. The lowest BCUT2D eigenvalue weighted by Crippen LogP contribution is -2.11. The molecule has 0 N–H and O–H groups in total. The Bertz CT molecular complexity index is 587. The summed E-state index contributed by atoms with van der Waals surface area (Å²) in [4.78, 5) is 0. The van der Waals surface area contributed by atoms with Crippen LogP contribution in [-0.2, 0) is 4.74 Å². The lowest BCUT2D eigenvalue weighted by atomic mass is 9.82. The number of methoxy groups -OCH3 is 1. The van der Waals surface area contributed by atoms with Gasteiger partial charge in [-0.25, -0.2) is 0 Å². The van der Waals surface area contributed by atoms with Crippen molar-refractivity contribution in [2.24, 2.45) is 11.8 Å². The number of benzene rings is 2. The molecule has 2 nitrogen and oxygen atoms in total. The van der Waals surface area contributed by atoms with Crippen LogP contribution in [0.3, 0.4) is 0 Å². The van der Waals surface area contributed by atoms with Gasteiger partial charge in [0.25, 0.3) is 0 Å². The van der Waals surface area contributed by atoms with Crippen molar-refractivity contribution in [2.45, 2.75) is 46.3 Å². The van der Waals surface area contributed by atoms with Gasteiger partial charge in [0.05, 0.1) is 0 Å². The summed E-state index contributed by atoms with van der Waals surface area (Å²) in [5.74, 6) is 2.76. The minimum Gasteiger partial charge on any atom is -0.461 e. The molecule has 0 aromatic heterocycles. The minimum atomic E-state index is -0.381. The molecule has 0 bridgehead atoms. The molecule has 2 rings (SSSR count). The lowest BCUT2D eigenvalue weighted by molar-refractivity contribution is -0.0562. The van der Waals surface area contributed by atoms with Gasteiger partial charge in [0.15, 0.2) is 0 Å². The van der Waals surface area contributed by atoms with Crippen molar-refractivity contribution < 1.29 is 9.47 Å². The Hall–Kier alpha value is -1.80. The van der Waals surface area contributed by atoms with Gasteiger partial charge in [0.1, 0.15) is 5.75 Å². The standard InChI is InChI=1S/C22H30O2/c1-16(2)15-21(17(3)4)18-11-13-20(14-12-18)24-22(23-5)19-9-7-6-8-10-19/h6-14,16-17,21-22H,15H2,1-5H3. The minimum absolute atomic E-state index is 0.381. The van der Waals surface area contributed by atoms with Crippen molar-refractivity contribution in [1.82, 2.24) is 0 Å². The third-order valence-corrected chi connectivity index (χ3v) is 4.37. The van der Waals surface area contributed by atoms with Crippen molar-refractivity contribution in [3.8, 4) is 5.75 Å². The van der Waals surface area contributed by atoms with Crippen LogP contribution < -0.4 is 4.74 Å². The molecule has 0 fully saturated rings. The summed E-state index contributed by atoms with van der Waals surface area (Å²) < 4.78 is 11.5. The molecule has 0 saturated carbocycles. The summed E-state index contributed by atoms with van der Waals surface area (Å²) in [6.07, 6.45) is 0.830. The summed E-state index contributed by atoms with van der Waals surface area (Å²) in [6.45, 7) is 9.17. The number of rotatable bonds is 8. The molecule has 0 aliphatic rings. The molecular formula is C22H30O2. The van der Waals surface area contributed by atoms with E-state index in [0.29, 0.717) is 17.8 Å². The Morgan fingerprint density at radius 2 is 1.42 bits per heavy atom. The second-order valence-corrected chi connectivity index (χ2v) is 7.15. The monoisotopic (exact) mass is 326 g/mol. The fourth-order valence-electron chi connectivity index (χ4n) is 3.08.